The Morgan fingerprint density at radius 2 is 2.27 bits per heavy atom. The zero-order chi connectivity index (χ0) is 11.3. The Bertz CT molecular complexity index is 200. The van der Waals surface area contributed by atoms with Gasteiger partial charge in [-0.2, -0.15) is 0 Å². The summed E-state index contributed by atoms with van der Waals surface area (Å²) in [5.74, 6) is 1.01. The van der Waals surface area contributed by atoms with E-state index in [1.165, 1.54) is 0 Å². The van der Waals surface area contributed by atoms with E-state index in [4.69, 9.17) is 4.74 Å². The standard InChI is InChI=1S/C12H23NO2/c1-4-10(3)12(14)13(5-2)8-11-6-7-15-9-11/h10-11H,4-9H2,1-3H3/t10-,11+/m1/s1. The van der Waals surface area contributed by atoms with Gasteiger partial charge in [-0.1, -0.05) is 13.8 Å². The molecule has 0 aromatic rings. The highest BCUT2D eigenvalue weighted by molar-refractivity contribution is 5.78. The zero-order valence-corrected chi connectivity index (χ0v) is 10.2. The van der Waals surface area contributed by atoms with Gasteiger partial charge < -0.3 is 9.64 Å². The first kappa shape index (κ1) is 12.5. The fraction of sp³-hybridized carbons (Fsp3) is 0.917. The minimum absolute atomic E-state index is 0.160. The molecular weight excluding hydrogens is 190 g/mol. The maximum atomic E-state index is 12.0. The predicted molar refractivity (Wildman–Crippen MR) is 60.6 cm³/mol. The van der Waals surface area contributed by atoms with Crippen molar-refractivity contribution in [1.82, 2.24) is 4.90 Å². The van der Waals surface area contributed by atoms with Crippen LogP contribution in [0.15, 0.2) is 0 Å². The van der Waals surface area contributed by atoms with Crippen molar-refractivity contribution in [2.24, 2.45) is 11.8 Å². The van der Waals surface area contributed by atoms with Crippen LogP contribution < -0.4 is 0 Å². The van der Waals surface area contributed by atoms with Crippen LogP contribution in [0.25, 0.3) is 0 Å². The lowest BCUT2D eigenvalue weighted by molar-refractivity contribution is -0.135. The molecule has 0 aromatic heterocycles. The molecule has 0 unspecified atom stereocenters. The number of carbonyl (C=O) groups excluding carboxylic acids is 1. The summed E-state index contributed by atoms with van der Waals surface area (Å²) in [7, 11) is 0. The molecule has 0 aromatic carbocycles. The van der Waals surface area contributed by atoms with E-state index in [2.05, 4.69) is 13.8 Å². The summed E-state index contributed by atoms with van der Waals surface area (Å²) in [6.45, 7) is 9.50. The molecule has 1 aliphatic rings. The molecule has 2 atom stereocenters. The van der Waals surface area contributed by atoms with Crippen LogP contribution in [0, 0.1) is 11.8 Å². The lowest BCUT2D eigenvalue weighted by Crippen LogP contribution is -2.38. The first-order valence-corrected chi connectivity index (χ1v) is 6.05. The first-order chi connectivity index (χ1) is 7.19. The van der Waals surface area contributed by atoms with E-state index in [-0.39, 0.29) is 5.92 Å². The SMILES string of the molecule is CC[C@@H](C)C(=O)N(CC)C[C@@H]1CCOC1. The number of nitrogens with zero attached hydrogens (tertiary/aromatic N) is 1. The summed E-state index contributed by atoms with van der Waals surface area (Å²) in [6.07, 6.45) is 2.03. The summed E-state index contributed by atoms with van der Waals surface area (Å²) in [4.78, 5) is 14.0. The van der Waals surface area contributed by atoms with Gasteiger partial charge >= 0.3 is 0 Å². The monoisotopic (exact) mass is 213 g/mol. The maximum absolute atomic E-state index is 12.0. The molecule has 1 heterocycles. The highest BCUT2D eigenvalue weighted by atomic mass is 16.5. The third-order valence-corrected chi connectivity index (χ3v) is 3.23. The molecule has 88 valence electrons. The van der Waals surface area contributed by atoms with Crippen LogP contribution in [-0.2, 0) is 9.53 Å². The molecule has 1 fully saturated rings. The fourth-order valence-corrected chi connectivity index (χ4v) is 1.90. The molecule has 0 spiro atoms. The lowest BCUT2D eigenvalue weighted by atomic mass is 10.0. The van der Waals surface area contributed by atoms with Gasteiger partial charge in [0.2, 0.25) is 5.91 Å². The molecular formula is C12H23NO2. The minimum atomic E-state index is 0.160. The minimum Gasteiger partial charge on any atom is -0.381 e. The molecule has 3 nitrogen and oxygen atoms in total. The van der Waals surface area contributed by atoms with Gasteiger partial charge in [0.1, 0.15) is 0 Å². The lowest BCUT2D eigenvalue weighted by Gasteiger charge is -2.26. The van der Waals surface area contributed by atoms with Gasteiger partial charge in [0.05, 0.1) is 6.61 Å². The molecule has 0 radical (unpaired) electrons. The van der Waals surface area contributed by atoms with Gasteiger partial charge in [-0.05, 0) is 19.8 Å². The van der Waals surface area contributed by atoms with E-state index < -0.39 is 0 Å². The van der Waals surface area contributed by atoms with E-state index in [1.54, 1.807) is 0 Å². The second-order valence-electron chi connectivity index (χ2n) is 4.42. The summed E-state index contributed by atoms with van der Waals surface area (Å²) in [6, 6.07) is 0. The van der Waals surface area contributed by atoms with E-state index in [9.17, 15) is 4.79 Å². The van der Waals surface area contributed by atoms with Gasteiger partial charge in [-0.15, -0.1) is 0 Å². The third-order valence-electron chi connectivity index (χ3n) is 3.23. The Balaban J connectivity index is 2.43. The van der Waals surface area contributed by atoms with Crippen LogP contribution in [-0.4, -0.2) is 37.1 Å². The van der Waals surface area contributed by atoms with Crippen molar-refractivity contribution < 1.29 is 9.53 Å². The predicted octanol–water partition coefficient (Wildman–Crippen LogP) is 1.92. The smallest absolute Gasteiger partial charge is 0.225 e. The van der Waals surface area contributed by atoms with E-state index in [0.29, 0.717) is 11.8 Å². The highest BCUT2D eigenvalue weighted by Gasteiger charge is 2.23. The molecule has 0 saturated carbocycles. The Kier molecular flexibility index (Phi) is 5.09. The summed E-state index contributed by atoms with van der Waals surface area (Å²) in [5.41, 5.74) is 0. The third kappa shape index (κ3) is 3.49. The molecule has 1 aliphatic heterocycles. The topological polar surface area (TPSA) is 29.5 Å². The van der Waals surface area contributed by atoms with Crippen molar-refractivity contribution in [2.45, 2.75) is 33.6 Å². The van der Waals surface area contributed by atoms with Gasteiger partial charge in [0, 0.05) is 31.5 Å². The van der Waals surface area contributed by atoms with E-state index in [0.717, 1.165) is 39.1 Å². The quantitative estimate of drug-likeness (QED) is 0.698. The Hall–Kier alpha value is -0.570. The summed E-state index contributed by atoms with van der Waals surface area (Å²) < 4.78 is 5.33. The Morgan fingerprint density at radius 1 is 1.53 bits per heavy atom. The van der Waals surface area contributed by atoms with Crippen molar-refractivity contribution in [2.75, 3.05) is 26.3 Å². The summed E-state index contributed by atoms with van der Waals surface area (Å²) in [5, 5.41) is 0. The number of ether oxygens (including phenoxy) is 1. The van der Waals surface area contributed by atoms with Gasteiger partial charge in [-0.25, -0.2) is 0 Å². The second kappa shape index (κ2) is 6.11. The Labute approximate surface area is 92.8 Å². The normalized spacial score (nSPS) is 22.7. The van der Waals surface area contributed by atoms with Crippen LogP contribution in [0.1, 0.15) is 33.6 Å². The van der Waals surface area contributed by atoms with Crippen LogP contribution >= 0.6 is 0 Å². The highest BCUT2D eigenvalue weighted by Crippen LogP contribution is 2.16. The molecule has 15 heavy (non-hydrogen) atoms. The molecule has 0 bridgehead atoms. The van der Waals surface area contributed by atoms with Crippen molar-refractivity contribution in [1.29, 1.82) is 0 Å². The molecule has 1 amide bonds. The van der Waals surface area contributed by atoms with Crippen molar-refractivity contribution in [3.63, 3.8) is 0 Å². The molecule has 1 saturated heterocycles. The van der Waals surface area contributed by atoms with E-state index in [1.807, 2.05) is 11.8 Å². The molecule has 0 aliphatic carbocycles. The first-order valence-electron chi connectivity index (χ1n) is 6.05. The largest absolute Gasteiger partial charge is 0.381 e. The van der Waals surface area contributed by atoms with Crippen LogP contribution in [0.2, 0.25) is 0 Å². The van der Waals surface area contributed by atoms with Gasteiger partial charge in [0.25, 0.3) is 0 Å². The van der Waals surface area contributed by atoms with Crippen molar-refractivity contribution >= 4 is 5.91 Å². The average Bonchev–Trinajstić information content (AvgIpc) is 2.76. The number of hydrogen-bond donors (Lipinski definition) is 0. The second-order valence-corrected chi connectivity index (χ2v) is 4.42. The Morgan fingerprint density at radius 3 is 2.73 bits per heavy atom. The van der Waals surface area contributed by atoms with Crippen molar-refractivity contribution in [3.05, 3.63) is 0 Å². The fourth-order valence-electron chi connectivity index (χ4n) is 1.90. The van der Waals surface area contributed by atoms with Crippen molar-refractivity contribution in [3.8, 4) is 0 Å². The van der Waals surface area contributed by atoms with Crippen LogP contribution in [0.4, 0.5) is 0 Å². The van der Waals surface area contributed by atoms with Crippen LogP contribution in [0.3, 0.4) is 0 Å². The number of carbonyl (C=O) groups is 1. The maximum Gasteiger partial charge on any atom is 0.225 e. The average molecular weight is 213 g/mol. The number of hydrogen-bond acceptors (Lipinski definition) is 2. The summed E-state index contributed by atoms with van der Waals surface area (Å²) >= 11 is 0. The van der Waals surface area contributed by atoms with Crippen LogP contribution in [0.5, 0.6) is 0 Å². The number of rotatable bonds is 5. The van der Waals surface area contributed by atoms with Gasteiger partial charge in [0.15, 0.2) is 0 Å². The number of amides is 1. The molecule has 0 N–H and O–H groups in total. The molecule has 3 heteroatoms. The van der Waals surface area contributed by atoms with E-state index >= 15 is 0 Å². The molecule has 1 rings (SSSR count). The van der Waals surface area contributed by atoms with Gasteiger partial charge in [-0.3, -0.25) is 4.79 Å². The zero-order valence-electron chi connectivity index (χ0n) is 10.2.